The predicted octanol–water partition coefficient (Wildman–Crippen LogP) is 1.50. The number of rotatable bonds is 3. The fraction of sp³-hybridized carbons (Fsp3) is 0.455. The lowest BCUT2D eigenvalue weighted by Crippen LogP contribution is -2.12. The Kier molecular flexibility index (Phi) is 2.56. The Bertz CT molecular complexity index is 446. The van der Waals surface area contributed by atoms with E-state index in [-0.39, 0.29) is 6.04 Å². The van der Waals surface area contributed by atoms with Gasteiger partial charge in [0, 0.05) is 12.3 Å². The normalized spacial score (nSPS) is 18.8. The maximum Gasteiger partial charge on any atom is 0.175 e. The molecular weight excluding hydrogens is 210 g/mol. The van der Waals surface area contributed by atoms with E-state index >= 15 is 0 Å². The highest BCUT2D eigenvalue weighted by molar-refractivity contribution is 7.90. The van der Waals surface area contributed by atoms with Crippen molar-refractivity contribution in [2.45, 2.75) is 23.8 Å². The quantitative estimate of drug-likeness (QED) is 0.848. The Hall–Kier alpha value is -0.870. The molecule has 0 radical (unpaired) electrons. The Balaban J connectivity index is 2.23. The number of benzene rings is 1. The lowest BCUT2D eigenvalue weighted by Gasteiger charge is -2.10. The molecule has 1 atom stereocenters. The number of hydrogen-bond donors (Lipinski definition) is 1. The van der Waals surface area contributed by atoms with Gasteiger partial charge in [-0.05, 0) is 36.5 Å². The van der Waals surface area contributed by atoms with Gasteiger partial charge in [-0.25, -0.2) is 8.42 Å². The van der Waals surface area contributed by atoms with Gasteiger partial charge in [0.15, 0.2) is 9.84 Å². The average Bonchev–Trinajstić information content (AvgIpc) is 2.99. The molecule has 3 nitrogen and oxygen atoms in total. The van der Waals surface area contributed by atoms with Gasteiger partial charge in [-0.1, -0.05) is 12.1 Å². The maximum atomic E-state index is 11.2. The van der Waals surface area contributed by atoms with E-state index < -0.39 is 9.84 Å². The monoisotopic (exact) mass is 225 g/mol. The van der Waals surface area contributed by atoms with Gasteiger partial charge in [0.1, 0.15) is 0 Å². The van der Waals surface area contributed by atoms with Crippen LogP contribution >= 0.6 is 0 Å². The minimum Gasteiger partial charge on any atom is -0.324 e. The summed E-state index contributed by atoms with van der Waals surface area (Å²) in [6.45, 7) is 0. The van der Waals surface area contributed by atoms with E-state index in [1.54, 1.807) is 12.1 Å². The van der Waals surface area contributed by atoms with Gasteiger partial charge in [-0.3, -0.25) is 0 Å². The molecule has 2 N–H and O–H groups in total. The molecule has 0 aromatic heterocycles. The van der Waals surface area contributed by atoms with Crippen molar-refractivity contribution in [2.24, 2.45) is 11.7 Å². The summed E-state index contributed by atoms with van der Waals surface area (Å²) in [6, 6.07) is 6.97. The van der Waals surface area contributed by atoms with Crippen molar-refractivity contribution >= 4 is 9.84 Å². The minimum atomic E-state index is -3.09. The molecule has 0 saturated heterocycles. The zero-order valence-corrected chi connectivity index (χ0v) is 9.50. The molecule has 2 rings (SSSR count). The zero-order valence-electron chi connectivity index (χ0n) is 8.68. The van der Waals surface area contributed by atoms with Crippen molar-refractivity contribution in [3.63, 3.8) is 0 Å². The van der Waals surface area contributed by atoms with Crippen molar-refractivity contribution in [3.8, 4) is 0 Å². The van der Waals surface area contributed by atoms with Gasteiger partial charge in [-0.2, -0.15) is 0 Å². The summed E-state index contributed by atoms with van der Waals surface area (Å²) in [5.74, 6) is 0.592. The van der Waals surface area contributed by atoms with Gasteiger partial charge in [-0.15, -0.1) is 0 Å². The van der Waals surface area contributed by atoms with E-state index in [1.165, 1.54) is 19.1 Å². The van der Waals surface area contributed by atoms with Crippen LogP contribution in [-0.2, 0) is 9.84 Å². The summed E-state index contributed by atoms with van der Waals surface area (Å²) in [6.07, 6.45) is 3.59. The lowest BCUT2D eigenvalue weighted by atomic mass is 10.0. The summed E-state index contributed by atoms with van der Waals surface area (Å²) in [4.78, 5) is 0.356. The molecule has 1 aromatic carbocycles. The Morgan fingerprint density at radius 3 is 2.20 bits per heavy atom. The third-order valence-corrected chi connectivity index (χ3v) is 3.95. The smallest absolute Gasteiger partial charge is 0.175 e. The largest absolute Gasteiger partial charge is 0.324 e. The summed E-state index contributed by atoms with van der Waals surface area (Å²) in [5, 5.41) is 0. The van der Waals surface area contributed by atoms with Crippen molar-refractivity contribution in [3.05, 3.63) is 29.8 Å². The standard InChI is InChI=1S/C11H15NO2S/c1-15(13,14)10-6-4-9(5-7-10)11(12)8-2-3-8/h4-8,11H,2-3,12H2,1H3/t11-/m0/s1. The third kappa shape index (κ3) is 2.38. The third-order valence-electron chi connectivity index (χ3n) is 2.82. The molecule has 0 aliphatic heterocycles. The molecule has 82 valence electrons. The van der Waals surface area contributed by atoms with Crippen LogP contribution in [0.3, 0.4) is 0 Å². The highest BCUT2D eigenvalue weighted by Gasteiger charge is 2.29. The van der Waals surface area contributed by atoms with Gasteiger partial charge in [0.25, 0.3) is 0 Å². The summed E-state index contributed by atoms with van der Waals surface area (Å²) in [7, 11) is -3.09. The molecule has 1 fully saturated rings. The molecule has 1 aliphatic rings. The Morgan fingerprint density at radius 2 is 1.80 bits per heavy atom. The van der Waals surface area contributed by atoms with Gasteiger partial charge in [0.05, 0.1) is 4.90 Å². The second kappa shape index (κ2) is 3.61. The summed E-state index contributed by atoms with van der Waals surface area (Å²) in [5.41, 5.74) is 7.04. The number of nitrogens with two attached hydrogens (primary N) is 1. The van der Waals surface area contributed by atoms with Crippen LogP contribution in [-0.4, -0.2) is 14.7 Å². The van der Waals surface area contributed by atoms with Crippen LogP contribution in [0.15, 0.2) is 29.2 Å². The highest BCUT2D eigenvalue weighted by Crippen LogP contribution is 2.39. The fourth-order valence-electron chi connectivity index (χ4n) is 1.66. The highest BCUT2D eigenvalue weighted by atomic mass is 32.2. The van der Waals surface area contributed by atoms with Crippen LogP contribution in [0.25, 0.3) is 0 Å². The Morgan fingerprint density at radius 1 is 1.27 bits per heavy atom. The SMILES string of the molecule is CS(=O)(=O)c1ccc([C@@H](N)C2CC2)cc1. The molecule has 0 heterocycles. The van der Waals surface area contributed by atoms with E-state index in [9.17, 15) is 8.42 Å². The van der Waals surface area contributed by atoms with Crippen LogP contribution in [0.1, 0.15) is 24.4 Å². The first-order valence-electron chi connectivity index (χ1n) is 5.04. The van der Waals surface area contributed by atoms with Crippen LogP contribution in [0.5, 0.6) is 0 Å². The van der Waals surface area contributed by atoms with E-state index in [1.807, 2.05) is 12.1 Å². The van der Waals surface area contributed by atoms with E-state index in [2.05, 4.69) is 0 Å². The fourth-order valence-corrected chi connectivity index (χ4v) is 2.30. The van der Waals surface area contributed by atoms with E-state index in [4.69, 9.17) is 5.73 Å². The summed E-state index contributed by atoms with van der Waals surface area (Å²) >= 11 is 0. The van der Waals surface area contributed by atoms with Crippen molar-refractivity contribution in [2.75, 3.05) is 6.26 Å². The topological polar surface area (TPSA) is 60.2 Å². The molecular formula is C11H15NO2S. The van der Waals surface area contributed by atoms with Crippen molar-refractivity contribution < 1.29 is 8.42 Å². The van der Waals surface area contributed by atoms with E-state index in [0.29, 0.717) is 10.8 Å². The minimum absolute atomic E-state index is 0.0682. The van der Waals surface area contributed by atoms with Crippen molar-refractivity contribution in [1.82, 2.24) is 0 Å². The Labute approximate surface area is 90.2 Å². The first-order valence-corrected chi connectivity index (χ1v) is 6.93. The predicted molar refractivity (Wildman–Crippen MR) is 59.2 cm³/mol. The zero-order chi connectivity index (χ0) is 11.1. The van der Waals surface area contributed by atoms with Crippen LogP contribution in [0.4, 0.5) is 0 Å². The van der Waals surface area contributed by atoms with Gasteiger partial charge in [0.2, 0.25) is 0 Å². The number of sulfone groups is 1. The molecule has 0 amide bonds. The lowest BCUT2D eigenvalue weighted by molar-refractivity contribution is 0.601. The molecule has 1 saturated carbocycles. The second-order valence-electron chi connectivity index (χ2n) is 4.20. The number of hydrogen-bond acceptors (Lipinski definition) is 3. The van der Waals surface area contributed by atoms with E-state index in [0.717, 1.165) is 5.56 Å². The van der Waals surface area contributed by atoms with Crippen LogP contribution in [0.2, 0.25) is 0 Å². The molecule has 0 bridgehead atoms. The van der Waals surface area contributed by atoms with Gasteiger partial charge < -0.3 is 5.73 Å². The molecule has 0 unspecified atom stereocenters. The second-order valence-corrected chi connectivity index (χ2v) is 6.22. The van der Waals surface area contributed by atoms with Gasteiger partial charge >= 0.3 is 0 Å². The summed E-state index contributed by atoms with van der Waals surface area (Å²) < 4.78 is 22.5. The van der Waals surface area contributed by atoms with Crippen LogP contribution < -0.4 is 5.73 Å². The molecule has 1 aromatic rings. The molecule has 0 spiro atoms. The molecule has 1 aliphatic carbocycles. The average molecular weight is 225 g/mol. The molecule has 15 heavy (non-hydrogen) atoms. The maximum absolute atomic E-state index is 11.2. The van der Waals surface area contributed by atoms with Crippen LogP contribution in [0, 0.1) is 5.92 Å². The van der Waals surface area contributed by atoms with Crippen molar-refractivity contribution in [1.29, 1.82) is 0 Å². The molecule has 4 heteroatoms. The first kappa shape index (κ1) is 10.6. The first-order chi connectivity index (χ1) is 6.98.